The number of fused-ring (bicyclic) bond motifs is 3. The van der Waals surface area contributed by atoms with Gasteiger partial charge in [-0.1, -0.05) is 48.5 Å². The van der Waals surface area contributed by atoms with E-state index in [0.717, 1.165) is 35.1 Å². The van der Waals surface area contributed by atoms with E-state index < -0.39 is 18.1 Å². The Labute approximate surface area is 205 Å². The standard InChI is InChI=1S/C27H32N2O6/c1-34-15-13-24(26(32)29(14-12-25(30)31)16-18-10-11-18)28-27(33)35-17-23-21-8-4-2-6-19(21)20-7-3-5-9-22(20)23/h2-9,18,23-24H,10-17H2,1H3,(H,28,33)(H,30,31). The second kappa shape index (κ2) is 11.4. The monoisotopic (exact) mass is 480 g/mol. The van der Waals surface area contributed by atoms with Gasteiger partial charge < -0.3 is 24.8 Å². The lowest BCUT2D eigenvalue weighted by Gasteiger charge is -2.27. The van der Waals surface area contributed by atoms with Gasteiger partial charge in [-0.2, -0.15) is 0 Å². The fourth-order valence-corrected chi connectivity index (χ4v) is 4.63. The molecule has 2 aromatic rings. The highest BCUT2D eigenvalue weighted by Crippen LogP contribution is 2.44. The highest BCUT2D eigenvalue weighted by molar-refractivity contribution is 5.86. The zero-order valence-electron chi connectivity index (χ0n) is 19.9. The Kier molecular flexibility index (Phi) is 8.02. The van der Waals surface area contributed by atoms with Crippen LogP contribution >= 0.6 is 0 Å². The smallest absolute Gasteiger partial charge is 0.407 e. The molecule has 1 atom stereocenters. The van der Waals surface area contributed by atoms with Crippen LogP contribution in [0.2, 0.25) is 0 Å². The highest BCUT2D eigenvalue weighted by atomic mass is 16.5. The molecular weight excluding hydrogens is 448 g/mol. The third-order valence-electron chi connectivity index (χ3n) is 6.63. The number of alkyl carbamates (subject to hydrolysis) is 1. The lowest BCUT2D eigenvalue weighted by molar-refractivity contribution is -0.139. The van der Waals surface area contributed by atoms with Gasteiger partial charge in [0.05, 0.1) is 6.42 Å². The molecule has 2 N–H and O–H groups in total. The summed E-state index contributed by atoms with van der Waals surface area (Å²) in [5.41, 5.74) is 4.49. The van der Waals surface area contributed by atoms with E-state index in [9.17, 15) is 14.4 Å². The number of carboxylic acids is 1. The Bertz CT molecular complexity index is 1020. The van der Waals surface area contributed by atoms with Crippen molar-refractivity contribution in [1.82, 2.24) is 10.2 Å². The van der Waals surface area contributed by atoms with E-state index in [1.807, 2.05) is 36.4 Å². The molecule has 4 rings (SSSR count). The highest BCUT2D eigenvalue weighted by Gasteiger charge is 2.33. The number of rotatable bonds is 12. The number of nitrogens with one attached hydrogen (secondary N) is 1. The lowest BCUT2D eigenvalue weighted by Crippen LogP contribution is -2.50. The number of hydrogen-bond donors (Lipinski definition) is 2. The first-order valence-electron chi connectivity index (χ1n) is 12.1. The van der Waals surface area contributed by atoms with Gasteiger partial charge in [0, 0.05) is 39.1 Å². The average Bonchev–Trinajstić information content (AvgIpc) is 3.63. The van der Waals surface area contributed by atoms with E-state index in [0.29, 0.717) is 12.5 Å². The maximum atomic E-state index is 13.3. The molecule has 35 heavy (non-hydrogen) atoms. The number of carbonyl (C=O) groups excluding carboxylic acids is 2. The molecule has 8 heteroatoms. The molecular formula is C27H32N2O6. The number of carbonyl (C=O) groups is 3. The van der Waals surface area contributed by atoms with Gasteiger partial charge in [0.25, 0.3) is 0 Å². The molecule has 1 unspecified atom stereocenters. The summed E-state index contributed by atoms with van der Waals surface area (Å²) in [6.07, 6.45) is 1.51. The van der Waals surface area contributed by atoms with E-state index in [4.69, 9.17) is 14.6 Å². The summed E-state index contributed by atoms with van der Waals surface area (Å²) in [6.45, 7) is 1.04. The summed E-state index contributed by atoms with van der Waals surface area (Å²) in [6, 6.07) is 15.3. The molecule has 0 aromatic heterocycles. The van der Waals surface area contributed by atoms with Crippen LogP contribution in [0.3, 0.4) is 0 Å². The first-order chi connectivity index (χ1) is 17.0. The first kappa shape index (κ1) is 24.7. The number of nitrogens with zero attached hydrogens (tertiary/aromatic N) is 1. The van der Waals surface area contributed by atoms with Crippen molar-refractivity contribution in [2.24, 2.45) is 5.92 Å². The van der Waals surface area contributed by atoms with E-state index in [1.54, 1.807) is 4.90 Å². The zero-order chi connectivity index (χ0) is 24.8. The zero-order valence-corrected chi connectivity index (χ0v) is 19.9. The Morgan fingerprint density at radius 1 is 1.06 bits per heavy atom. The number of aliphatic carboxylic acids is 1. The number of hydrogen-bond acceptors (Lipinski definition) is 5. The normalized spacial score (nSPS) is 15.1. The van der Waals surface area contributed by atoms with E-state index in [1.165, 1.54) is 7.11 Å². The van der Waals surface area contributed by atoms with Gasteiger partial charge in [-0.05, 0) is 41.0 Å². The lowest BCUT2D eigenvalue weighted by atomic mass is 9.98. The summed E-state index contributed by atoms with van der Waals surface area (Å²) in [5.74, 6) is -0.950. The Hall–Kier alpha value is -3.39. The molecule has 0 spiro atoms. The van der Waals surface area contributed by atoms with Crippen LogP contribution in [-0.4, -0.2) is 67.4 Å². The van der Waals surface area contributed by atoms with Gasteiger partial charge >= 0.3 is 12.1 Å². The van der Waals surface area contributed by atoms with Crippen LogP contribution in [0.5, 0.6) is 0 Å². The van der Waals surface area contributed by atoms with Gasteiger partial charge in [0.15, 0.2) is 0 Å². The summed E-state index contributed by atoms with van der Waals surface area (Å²) >= 11 is 0. The minimum absolute atomic E-state index is 0.0804. The van der Waals surface area contributed by atoms with Gasteiger partial charge in [-0.3, -0.25) is 9.59 Å². The third kappa shape index (κ3) is 6.19. The van der Waals surface area contributed by atoms with Crippen molar-refractivity contribution in [3.63, 3.8) is 0 Å². The fourth-order valence-electron chi connectivity index (χ4n) is 4.63. The first-order valence-corrected chi connectivity index (χ1v) is 12.1. The molecule has 186 valence electrons. The predicted octanol–water partition coefficient (Wildman–Crippen LogP) is 3.64. The minimum Gasteiger partial charge on any atom is -0.481 e. The maximum absolute atomic E-state index is 13.3. The van der Waals surface area contributed by atoms with Crippen LogP contribution < -0.4 is 5.32 Å². The van der Waals surface area contributed by atoms with Crippen molar-refractivity contribution in [2.75, 3.05) is 33.4 Å². The molecule has 0 aliphatic heterocycles. The van der Waals surface area contributed by atoms with Crippen molar-refractivity contribution < 1.29 is 29.0 Å². The summed E-state index contributed by atoms with van der Waals surface area (Å²) < 4.78 is 10.8. The summed E-state index contributed by atoms with van der Waals surface area (Å²) in [5, 5.41) is 11.8. The summed E-state index contributed by atoms with van der Waals surface area (Å²) in [4.78, 5) is 38.7. The van der Waals surface area contributed by atoms with Crippen molar-refractivity contribution >= 4 is 18.0 Å². The van der Waals surface area contributed by atoms with Gasteiger partial charge in [-0.15, -0.1) is 0 Å². The van der Waals surface area contributed by atoms with Crippen LogP contribution in [0.1, 0.15) is 42.7 Å². The molecule has 0 radical (unpaired) electrons. The van der Waals surface area contributed by atoms with E-state index in [-0.39, 0.29) is 44.4 Å². The topological polar surface area (TPSA) is 105 Å². The molecule has 2 aromatic carbocycles. The van der Waals surface area contributed by atoms with Crippen LogP contribution in [0.15, 0.2) is 48.5 Å². The minimum atomic E-state index is -0.962. The van der Waals surface area contributed by atoms with Crippen molar-refractivity contribution in [3.8, 4) is 11.1 Å². The van der Waals surface area contributed by atoms with E-state index >= 15 is 0 Å². The van der Waals surface area contributed by atoms with Crippen LogP contribution in [0.25, 0.3) is 11.1 Å². The molecule has 0 heterocycles. The Morgan fingerprint density at radius 2 is 1.69 bits per heavy atom. The third-order valence-corrected chi connectivity index (χ3v) is 6.63. The van der Waals surface area contributed by atoms with E-state index in [2.05, 4.69) is 17.4 Å². The van der Waals surface area contributed by atoms with Crippen molar-refractivity contribution in [1.29, 1.82) is 0 Å². The molecule has 8 nitrogen and oxygen atoms in total. The average molecular weight is 481 g/mol. The number of methoxy groups -OCH3 is 1. The molecule has 0 saturated heterocycles. The summed E-state index contributed by atoms with van der Waals surface area (Å²) in [7, 11) is 1.53. The number of carboxylic acid groups (broad SMARTS) is 1. The molecule has 2 aliphatic rings. The molecule has 1 saturated carbocycles. The number of amides is 2. The second-order valence-electron chi connectivity index (χ2n) is 9.18. The predicted molar refractivity (Wildman–Crippen MR) is 130 cm³/mol. The molecule has 0 bridgehead atoms. The fraction of sp³-hybridized carbons (Fsp3) is 0.444. The van der Waals surface area contributed by atoms with Crippen molar-refractivity contribution in [2.45, 2.75) is 37.6 Å². The quantitative estimate of drug-likeness (QED) is 0.481. The van der Waals surface area contributed by atoms with Crippen LogP contribution in [0.4, 0.5) is 4.79 Å². The SMILES string of the molecule is COCCC(NC(=O)OCC1c2ccccc2-c2ccccc21)C(=O)N(CCC(=O)O)CC1CC1. The van der Waals surface area contributed by atoms with Crippen LogP contribution in [0, 0.1) is 5.92 Å². The van der Waals surface area contributed by atoms with Gasteiger partial charge in [0.1, 0.15) is 12.6 Å². The molecule has 2 aliphatic carbocycles. The molecule has 1 fully saturated rings. The van der Waals surface area contributed by atoms with Crippen molar-refractivity contribution in [3.05, 3.63) is 59.7 Å². The van der Waals surface area contributed by atoms with Gasteiger partial charge in [0.2, 0.25) is 5.91 Å². The Balaban J connectivity index is 1.41. The number of benzene rings is 2. The largest absolute Gasteiger partial charge is 0.481 e. The number of ether oxygens (including phenoxy) is 2. The van der Waals surface area contributed by atoms with Gasteiger partial charge in [-0.25, -0.2) is 4.79 Å². The molecule has 2 amide bonds. The Morgan fingerprint density at radius 3 is 2.26 bits per heavy atom. The second-order valence-corrected chi connectivity index (χ2v) is 9.18. The maximum Gasteiger partial charge on any atom is 0.407 e. The van der Waals surface area contributed by atoms with Crippen LogP contribution in [-0.2, 0) is 19.1 Å².